The maximum atomic E-state index is 14.7. The Balaban J connectivity index is 1.51. The fourth-order valence-corrected chi connectivity index (χ4v) is 5.62. The molecule has 0 saturated carbocycles. The smallest absolute Gasteiger partial charge is 0.266 e. The average Bonchev–Trinajstić information content (AvgIpc) is 3.27. The van der Waals surface area contributed by atoms with Crippen LogP contribution < -0.4 is 9.46 Å². The molecule has 1 aromatic heterocycles. The first-order chi connectivity index (χ1) is 15.3. The minimum atomic E-state index is -4.17. The van der Waals surface area contributed by atoms with Crippen molar-refractivity contribution in [3.8, 4) is 5.75 Å². The van der Waals surface area contributed by atoms with E-state index in [4.69, 9.17) is 16.3 Å². The number of allylic oxidation sites excluding steroid dienone is 1. The van der Waals surface area contributed by atoms with Crippen LogP contribution in [0.25, 0.3) is 5.57 Å². The average molecular weight is 493 g/mol. The molecule has 0 radical (unpaired) electrons. The molecule has 1 aliphatic carbocycles. The Kier molecular flexibility index (Phi) is 6.83. The molecule has 1 heterocycles. The van der Waals surface area contributed by atoms with Crippen molar-refractivity contribution in [1.82, 2.24) is 4.98 Å². The quantitative estimate of drug-likeness (QED) is 0.419. The second-order valence-corrected chi connectivity index (χ2v) is 10.4. The van der Waals surface area contributed by atoms with Crippen LogP contribution >= 0.6 is 22.9 Å². The monoisotopic (exact) mass is 492 g/mol. The molecule has 4 rings (SSSR count). The van der Waals surface area contributed by atoms with Gasteiger partial charge < -0.3 is 4.74 Å². The minimum absolute atomic E-state index is 0.0294. The number of thiazole rings is 1. The Morgan fingerprint density at radius 3 is 2.78 bits per heavy atom. The molecule has 0 saturated heterocycles. The van der Waals surface area contributed by atoms with Gasteiger partial charge in [0.05, 0.1) is 17.1 Å². The predicted molar refractivity (Wildman–Crippen MR) is 126 cm³/mol. The highest BCUT2D eigenvalue weighted by Gasteiger charge is 2.24. The van der Waals surface area contributed by atoms with Gasteiger partial charge in [-0.15, -0.1) is 11.3 Å². The first kappa shape index (κ1) is 22.8. The van der Waals surface area contributed by atoms with E-state index in [1.165, 1.54) is 33.4 Å². The Labute approximate surface area is 196 Å². The van der Waals surface area contributed by atoms with Gasteiger partial charge in [-0.2, -0.15) is 0 Å². The van der Waals surface area contributed by atoms with Crippen molar-refractivity contribution in [3.63, 3.8) is 0 Å². The lowest BCUT2D eigenvalue weighted by Crippen LogP contribution is -2.18. The van der Waals surface area contributed by atoms with Crippen molar-refractivity contribution in [3.05, 3.63) is 75.3 Å². The lowest BCUT2D eigenvalue weighted by atomic mass is 9.84. The number of benzene rings is 2. The third-order valence-corrected chi connectivity index (χ3v) is 7.58. The number of sulfonamides is 1. The van der Waals surface area contributed by atoms with Crippen LogP contribution in [0.3, 0.4) is 0 Å². The summed E-state index contributed by atoms with van der Waals surface area (Å²) in [5.74, 6) is -0.561. The molecule has 0 bridgehead atoms. The highest BCUT2D eigenvalue weighted by Crippen LogP contribution is 2.35. The number of nitrogens with one attached hydrogen (secondary N) is 1. The van der Waals surface area contributed by atoms with Gasteiger partial charge in [-0.25, -0.2) is 17.8 Å². The highest BCUT2D eigenvalue weighted by atomic mass is 35.5. The van der Waals surface area contributed by atoms with Crippen LogP contribution in [-0.4, -0.2) is 20.0 Å². The van der Waals surface area contributed by atoms with E-state index in [1.807, 2.05) is 6.92 Å². The Morgan fingerprint density at radius 1 is 1.28 bits per heavy atom. The maximum absolute atomic E-state index is 14.7. The Bertz CT molecular complexity index is 1230. The first-order valence-electron chi connectivity index (χ1n) is 10.1. The van der Waals surface area contributed by atoms with E-state index in [1.54, 1.807) is 0 Å². The molecule has 0 spiro atoms. The Hall–Kier alpha value is -2.42. The SMILES string of the molecule is Cc1ccc(C2=CCCCC2COc2cc(F)c(S(=O)(=O)Nc3cscn3)cc2Cl)cc1. The summed E-state index contributed by atoms with van der Waals surface area (Å²) >= 11 is 7.49. The van der Waals surface area contributed by atoms with Crippen molar-refractivity contribution >= 4 is 44.4 Å². The number of ether oxygens (including phenoxy) is 1. The van der Waals surface area contributed by atoms with Crippen molar-refractivity contribution in [1.29, 1.82) is 0 Å². The van der Waals surface area contributed by atoms with Crippen LogP contribution in [-0.2, 0) is 10.0 Å². The van der Waals surface area contributed by atoms with E-state index in [2.05, 4.69) is 40.0 Å². The molecule has 5 nitrogen and oxygen atoms in total. The van der Waals surface area contributed by atoms with E-state index < -0.39 is 20.7 Å². The van der Waals surface area contributed by atoms with Gasteiger partial charge in [0.2, 0.25) is 0 Å². The van der Waals surface area contributed by atoms with Crippen molar-refractivity contribution < 1.29 is 17.5 Å². The van der Waals surface area contributed by atoms with Crippen LogP contribution in [0.1, 0.15) is 30.4 Å². The fourth-order valence-electron chi connectivity index (χ4n) is 3.69. The number of aryl methyl sites for hydroxylation is 1. The first-order valence-corrected chi connectivity index (χ1v) is 12.9. The van der Waals surface area contributed by atoms with Crippen LogP contribution in [0.4, 0.5) is 10.2 Å². The molecule has 9 heteroatoms. The molecule has 1 N–H and O–H groups in total. The summed E-state index contributed by atoms with van der Waals surface area (Å²) < 4.78 is 47.9. The number of rotatable bonds is 7. The molecular formula is C23H22ClFN2O3S2. The number of nitrogens with zero attached hydrogens (tertiary/aromatic N) is 1. The summed E-state index contributed by atoms with van der Waals surface area (Å²) in [6.45, 7) is 2.37. The van der Waals surface area contributed by atoms with Crippen LogP contribution in [0, 0.1) is 18.7 Å². The Morgan fingerprint density at radius 2 is 2.06 bits per heavy atom. The largest absolute Gasteiger partial charge is 0.491 e. The summed E-state index contributed by atoms with van der Waals surface area (Å²) in [6.07, 6.45) is 5.23. The van der Waals surface area contributed by atoms with E-state index in [0.29, 0.717) is 6.61 Å². The van der Waals surface area contributed by atoms with Gasteiger partial charge in [0.25, 0.3) is 10.0 Å². The zero-order valence-corrected chi connectivity index (χ0v) is 19.7. The molecular weight excluding hydrogens is 471 g/mol. The topological polar surface area (TPSA) is 68.3 Å². The summed E-state index contributed by atoms with van der Waals surface area (Å²) in [6, 6.07) is 10.4. The summed E-state index contributed by atoms with van der Waals surface area (Å²) in [7, 11) is -4.17. The summed E-state index contributed by atoms with van der Waals surface area (Å²) in [5.41, 5.74) is 5.03. The molecule has 0 fully saturated rings. The number of aromatic nitrogens is 1. The molecule has 1 atom stereocenters. The van der Waals surface area contributed by atoms with Gasteiger partial charge in [-0.05, 0) is 43.4 Å². The van der Waals surface area contributed by atoms with Gasteiger partial charge in [0.1, 0.15) is 16.5 Å². The molecule has 1 unspecified atom stereocenters. The second-order valence-electron chi connectivity index (χ2n) is 7.66. The molecule has 1 aliphatic rings. The van der Waals surface area contributed by atoms with Crippen LogP contribution in [0.15, 0.2) is 58.3 Å². The summed E-state index contributed by atoms with van der Waals surface area (Å²) in [4.78, 5) is 3.30. The lowest BCUT2D eigenvalue weighted by Gasteiger charge is -2.25. The maximum Gasteiger partial charge on any atom is 0.266 e. The molecule has 0 aliphatic heterocycles. The minimum Gasteiger partial charge on any atom is -0.491 e. The van der Waals surface area contributed by atoms with Crippen molar-refractivity contribution in [2.24, 2.45) is 5.92 Å². The number of halogens is 2. The van der Waals surface area contributed by atoms with E-state index in [-0.39, 0.29) is 22.5 Å². The molecule has 32 heavy (non-hydrogen) atoms. The van der Waals surface area contributed by atoms with Crippen LogP contribution in [0.5, 0.6) is 5.75 Å². The molecule has 3 aromatic rings. The molecule has 0 amide bonds. The van der Waals surface area contributed by atoms with Gasteiger partial charge in [-0.1, -0.05) is 47.5 Å². The zero-order valence-electron chi connectivity index (χ0n) is 17.3. The fraction of sp³-hybridized carbons (Fsp3) is 0.261. The third-order valence-electron chi connectivity index (χ3n) is 5.33. The van der Waals surface area contributed by atoms with Gasteiger partial charge in [-0.3, -0.25) is 4.72 Å². The molecule has 2 aromatic carbocycles. The van der Waals surface area contributed by atoms with Crippen LogP contribution in [0.2, 0.25) is 5.02 Å². The normalized spacial score (nSPS) is 16.5. The van der Waals surface area contributed by atoms with Crippen molar-refractivity contribution in [2.45, 2.75) is 31.1 Å². The standard InChI is InChI=1S/C23H22ClFN2O3S2/c1-15-6-8-16(9-7-15)18-5-3-2-4-17(18)12-30-21-11-20(25)22(10-19(21)24)32(28,29)27-23-13-31-14-26-23/h5-11,13-14,17,27H,2-4,12H2,1H3. The highest BCUT2D eigenvalue weighted by molar-refractivity contribution is 7.92. The second kappa shape index (κ2) is 9.60. The number of anilines is 1. The van der Waals surface area contributed by atoms with Crippen molar-refractivity contribution in [2.75, 3.05) is 11.3 Å². The van der Waals surface area contributed by atoms with Gasteiger partial charge in [0, 0.05) is 17.4 Å². The van der Waals surface area contributed by atoms with E-state index >= 15 is 0 Å². The van der Waals surface area contributed by atoms with Gasteiger partial charge in [0.15, 0.2) is 5.82 Å². The predicted octanol–water partition coefficient (Wildman–Crippen LogP) is 6.31. The summed E-state index contributed by atoms with van der Waals surface area (Å²) in [5, 5.41) is 1.54. The zero-order chi connectivity index (χ0) is 22.7. The lowest BCUT2D eigenvalue weighted by molar-refractivity contribution is 0.267. The van der Waals surface area contributed by atoms with Gasteiger partial charge >= 0.3 is 0 Å². The van der Waals surface area contributed by atoms with E-state index in [9.17, 15) is 12.8 Å². The number of hydrogen-bond acceptors (Lipinski definition) is 5. The number of hydrogen-bond donors (Lipinski definition) is 1. The van der Waals surface area contributed by atoms with E-state index in [0.717, 1.165) is 37.0 Å². The third kappa shape index (κ3) is 5.14. The molecule has 168 valence electrons.